The van der Waals surface area contributed by atoms with Crippen LogP contribution in [0.15, 0.2) is 23.1 Å². The number of methoxy groups -OCH3 is 1. The summed E-state index contributed by atoms with van der Waals surface area (Å²) in [7, 11) is -2.51. The van der Waals surface area contributed by atoms with Crippen LogP contribution >= 0.6 is 12.4 Å². The average Bonchev–Trinajstić information content (AvgIpc) is 3.01. The third-order valence-corrected chi connectivity index (χ3v) is 6.56. The second-order valence-corrected chi connectivity index (χ2v) is 7.83. The smallest absolute Gasteiger partial charge is 0.293 e. The monoisotopic (exact) mass is 377 g/mol. The fraction of sp³-hybridized carbons (Fsp3) is 0.571. The van der Waals surface area contributed by atoms with E-state index in [2.05, 4.69) is 5.32 Å². The maximum atomic E-state index is 12.9. The zero-order valence-corrected chi connectivity index (χ0v) is 14.8. The minimum absolute atomic E-state index is 0. The first-order valence-electron chi connectivity index (χ1n) is 7.47. The van der Waals surface area contributed by atoms with Crippen LogP contribution in [0.4, 0.5) is 5.69 Å². The molecule has 134 valence electrons. The van der Waals surface area contributed by atoms with Crippen LogP contribution in [-0.2, 0) is 10.0 Å². The molecule has 3 rings (SSSR count). The van der Waals surface area contributed by atoms with Crippen LogP contribution in [-0.4, -0.2) is 50.9 Å². The van der Waals surface area contributed by atoms with Crippen molar-refractivity contribution in [3.05, 3.63) is 28.3 Å². The highest BCUT2D eigenvalue weighted by Gasteiger charge is 2.40. The second kappa shape index (κ2) is 7.22. The van der Waals surface area contributed by atoms with Crippen LogP contribution in [0.2, 0.25) is 0 Å². The number of nitro groups is 1. The number of ether oxygens (including phenoxy) is 1. The minimum Gasteiger partial charge on any atom is -0.497 e. The number of nitrogens with one attached hydrogen (secondary N) is 1. The van der Waals surface area contributed by atoms with Crippen molar-refractivity contribution in [3.8, 4) is 5.75 Å². The molecule has 2 heterocycles. The number of nitrogens with zero attached hydrogens (tertiary/aromatic N) is 2. The third kappa shape index (κ3) is 3.34. The van der Waals surface area contributed by atoms with Gasteiger partial charge in [-0.15, -0.1) is 12.4 Å². The van der Waals surface area contributed by atoms with E-state index in [4.69, 9.17) is 4.74 Å². The van der Waals surface area contributed by atoms with Gasteiger partial charge in [-0.2, -0.15) is 4.31 Å². The molecule has 0 spiro atoms. The molecular weight excluding hydrogens is 358 g/mol. The van der Waals surface area contributed by atoms with Crippen LogP contribution in [0.5, 0.6) is 5.75 Å². The van der Waals surface area contributed by atoms with E-state index >= 15 is 0 Å². The molecule has 0 amide bonds. The van der Waals surface area contributed by atoms with Gasteiger partial charge < -0.3 is 10.1 Å². The Morgan fingerprint density at radius 1 is 1.33 bits per heavy atom. The summed E-state index contributed by atoms with van der Waals surface area (Å²) < 4.78 is 32.0. The number of sulfonamides is 1. The zero-order valence-electron chi connectivity index (χ0n) is 13.2. The third-order valence-electron chi connectivity index (χ3n) is 4.65. The lowest BCUT2D eigenvalue weighted by atomic mass is 9.90. The molecule has 10 heteroatoms. The van der Waals surface area contributed by atoms with Crippen LogP contribution in [0.1, 0.15) is 6.42 Å². The lowest BCUT2D eigenvalue weighted by Crippen LogP contribution is -2.43. The molecule has 2 saturated heterocycles. The van der Waals surface area contributed by atoms with E-state index in [1.807, 2.05) is 0 Å². The topological polar surface area (TPSA) is 102 Å². The molecule has 24 heavy (non-hydrogen) atoms. The van der Waals surface area contributed by atoms with Gasteiger partial charge in [0.25, 0.3) is 5.69 Å². The highest BCUT2D eigenvalue weighted by Crippen LogP contribution is 2.34. The van der Waals surface area contributed by atoms with Gasteiger partial charge in [0.2, 0.25) is 10.0 Å². The Hall–Kier alpha value is -1.42. The van der Waals surface area contributed by atoms with Crippen molar-refractivity contribution in [2.24, 2.45) is 11.8 Å². The van der Waals surface area contributed by atoms with Gasteiger partial charge in [-0.1, -0.05) is 0 Å². The minimum atomic E-state index is -3.89. The molecule has 2 fully saturated rings. The van der Waals surface area contributed by atoms with E-state index in [1.54, 1.807) is 0 Å². The van der Waals surface area contributed by atoms with Crippen molar-refractivity contribution in [1.82, 2.24) is 9.62 Å². The normalized spacial score (nSPS) is 24.0. The SMILES string of the molecule is COc1ccc(S(=O)(=O)N2CCC3CNCC3C2)c([N+](=O)[O-])c1.Cl. The lowest BCUT2D eigenvalue weighted by Gasteiger charge is -2.33. The maximum Gasteiger partial charge on any atom is 0.293 e. The van der Waals surface area contributed by atoms with Gasteiger partial charge in [-0.25, -0.2) is 8.42 Å². The Bertz CT molecular complexity index is 727. The van der Waals surface area contributed by atoms with E-state index < -0.39 is 20.6 Å². The quantitative estimate of drug-likeness (QED) is 0.626. The molecule has 1 aromatic carbocycles. The second-order valence-electron chi connectivity index (χ2n) is 5.92. The van der Waals surface area contributed by atoms with E-state index in [0.29, 0.717) is 19.0 Å². The first-order valence-corrected chi connectivity index (χ1v) is 8.91. The standard InChI is InChI=1S/C14H19N3O5S.ClH/c1-22-12-2-3-14(13(6-12)17(18)19)23(20,21)16-5-4-10-7-15-8-11(10)9-16;/h2-3,6,10-11,15H,4-5,7-9H2,1H3;1H. The molecule has 2 atom stereocenters. The fourth-order valence-electron chi connectivity index (χ4n) is 3.34. The molecule has 0 saturated carbocycles. The van der Waals surface area contributed by atoms with Gasteiger partial charge in [0.15, 0.2) is 4.90 Å². The van der Waals surface area contributed by atoms with E-state index in [9.17, 15) is 18.5 Å². The van der Waals surface area contributed by atoms with E-state index in [0.717, 1.165) is 25.6 Å². The molecule has 2 aliphatic rings. The Balaban J connectivity index is 0.00000208. The zero-order chi connectivity index (χ0) is 16.6. The van der Waals surface area contributed by atoms with Crippen LogP contribution in [0.25, 0.3) is 0 Å². The number of piperidine rings is 1. The number of rotatable bonds is 4. The van der Waals surface area contributed by atoms with E-state index in [-0.39, 0.29) is 29.0 Å². The van der Waals surface area contributed by atoms with Gasteiger partial charge in [-0.05, 0) is 43.5 Å². The van der Waals surface area contributed by atoms with Crippen molar-refractivity contribution in [1.29, 1.82) is 0 Å². The van der Waals surface area contributed by atoms with Crippen molar-refractivity contribution in [2.75, 3.05) is 33.3 Å². The number of fused-ring (bicyclic) bond motifs is 1. The first kappa shape index (κ1) is 18.9. The molecule has 2 aliphatic heterocycles. The molecule has 1 aromatic rings. The Morgan fingerprint density at radius 3 is 2.71 bits per heavy atom. The van der Waals surface area contributed by atoms with Crippen molar-refractivity contribution in [3.63, 3.8) is 0 Å². The van der Waals surface area contributed by atoms with Crippen molar-refractivity contribution in [2.45, 2.75) is 11.3 Å². The summed E-state index contributed by atoms with van der Waals surface area (Å²) in [4.78, 5) is 10.3. The van der Waals surface area contributed by atoms with Crippen LogP contribution in [0, 0.1) is 22.0 Å². The maximum absolute atomic E-state index is 12.9. The molecule has 1 N–H and O–H groups in total. The molecule has 0 radical (unpaired) electrons. The molecule has 0 bridgehead atoms. The molecule has 0 aliphatic carbocycles. The summed E-state index contributed by atoms with van der Waals surface area (Å²) >= 11 is 0. The summed E-state index contributed by atoms with van der Waals surface area (Å²) in [6, 6.07) is 3.84. The predicted molar refractivity (Wildman–Crippen MR) is 90.1 cm³/mol. The van der Waals surface area contributed by atoms with Crippen molar-refractivity contribution < 1.29 is 18.1 Å². The molecule has 2 unspecified atom stereocenters. The van der Waals surface area contributed by atoms with Gasteiger partial charge in [0, 0.05) is 13.1 Å². The Morgan fingerprint density at radius 2 is 2.04 bits per heavy atom. The van der Waals surface area contributed by atoms with Crippen molar-refractivity contribution >= 4 is 28.1 Å². The highest BCUT2D eigenvalue weighted by atomic mass is 35.5. The Kier molecular flexibility index (Phi) is 5.69. The summed E-state index contributed by atoms with van der Waals surface area (Å²) in [5, 5.41) is 14.5. The van der Waals surface area contributed by atoms with Gasteiger partial charge in [-0.3, -0.25) is 10.1 Å². The summed E-state index contributed by atoms with van der Waals surface area (Å²) in [5.41, 5.74) is -0.448. The Labute approximate surface area is 146 Å². The highest BCUT2D eigenvalue weighted by molar-refractivity contribution is 7.89. The summed E-state index contributed by atoms with van der Waals surface area (Å²) in [5.74, 6) is 1.03. The summed E-state index contributed by atoms with van der Waals surface area (Å²) in [6.45, 7) is 2.51. The largest absolute Gasteiger partial charge is 0.497 e. The molecular formula is C14H20ClN3O5S. The predicted octanol–water partition coefficient (Wildman–Crippen LogP) is 1.26. The number of benzene rings is 1. The van der Waals surface area contributed by atoms with Gasteiger partial charge in [0.1, 0.15) is 5.75 Å². The fourth-order valence-corrected chi connectivity index (χ4v) is 4.99. The first-order chi connectivity index (χ1) is 10.9. The van der Waals surface area contributed by atoms with Gasteiger partial charge in [0.05, 0.1) is 18.1 Å². The number of hydrogen-bond donors (Lipinski definition) is 1. The summed E-state index contributed by atoms with van der Waals surface area (Å²) in [6.07, 6.45) is 0.779. The number of halogens is 1. The molecule has 0 aromatic heterocycles. The average molecular weight is 378 g/mol. The number of nitro benzene ring substituents is 1. The van der Waals surface area contributed by atoms with Crippen LogP contribution < -0.4 is 10.1 Å². The van der Waals surface area contributed by atoms with E-state index in [1.165, 1.54) is 23.5 Å². The number of hydrogen-bond acceptors (Lipinski definition) is 6. The van der Waals surface area contributed by atoms with Gasteiger partial charge >= 0.3 is 0 Å². The van der Waals surface area contributed by atoms with Crippen LogP contribution in [0.3, 0.4) is 0 Å². The molecule has 8 nitrogen and oxygen atoms in total. The lowest BCUT2D eigenvalue weighted by molar-refractivity contribution is -0.387.